The number of aromatic nitrogens is 4. The first-order valence-electron chi connectivity index (χ1n) is 6.46. The number of hydrogen-bond donors (Lipinski definition) is 1. The van der Waals surface area contributed by atoms with Gasteiger partial charge in [-0.25, -0.2) is 0 Å². The molecule has 1 aromatic carbocycles. The molecular formula is C14H16N4OS. The number of imidazole rings is 1. The minimum atomic E-state index is 0.646. The highest BCUT2D eigenvalue weighted by molar-refractivity contribution is 7.71. The zero-order valence-electron chi connectivity index (χ0n) is 11.7. The molecule has 20 heavy (non-hydrogen) atoms. The molecule has 5 nitrogen and oxygen atoms in total. The van der Waals surface area contributed by atoms with Crippen LogP contribution in [-0.2, 0) is 13.5 Å². The number of para-hydroxylation sites is 1. The number of rotatable bonds is 3. The van der Waals surface area contributed by atoms with Gasteiger partial charge in [0.05, 0.1) is 24.0 Å². The van der Waals surface area contributed by atoms with Crippen molar-refractivity contribution in [3.8, 4) is 11.4 Å². The molecule has 2 aromatic heterocycles. The Kier molecular flexibility index (Phi) is 3.10. The predicted molar refractivity (Wildman–Crippen MR) is 81.2 cm³/mol. The van der Waals surface area contributed by atoms with E-state index in [1.807, 2.05) is 40.7 Å². The van der Waals surface area contributed by atoms with Gasteiger partial charge in [0.2, 0.25) is 0 Å². The largest absolute Gasteiger partial charge is 0.494 e. The Bertz CT molecular complexity index is 827. The van der Waals surface area contributed by atoms with E-state index in [-0.39, 0.29) is 0 Å². The van der Waals surface area contributed by atoms with Crippen LogP contribution < -0.4 is 4.74 Å². The number of ether oxygens (including phenoxy) is 1. The van der Waals surface area contributed by atoms with Crippen molar-refractivity contribution in [1.29, 1.82) is 0 Å². The van der Waals surface area contributed by atoms with Gasteiger partial charge in [-0.2, -0.15) is 5.10 Å². The quantitative estimate of drug-likeness (QED) is 0.754. The molecule has 0 aliphatic carbocycles. The fourth-order valence-electron chi connectivity index (χ4n) is 2.47. The van der Waals surface area contributed by atoms with Gasteiger partial charge >= 0.3 is 0 Å². The Labute approximate surface area is 121 Å². The maximum absolute atomic E-state index is 5.47. The van der Waals surface area contributed by atoms with Crippen LogP contribution in [0.1, 0.15) is 12.6 Å². The zero-order valence-corrected chi connectivity index (χ0v) is 12.5. The standard InChI is InChI=1S/C14H16N4OS/c1-4-9-11(8-17(2)16-9)18-10-6-5-7-12(19-3)13(10)15-14(18)20/h5-8H,4H2,1-3H3,(H,15,20). The van der Waals surface area contributed by atoms with Crippen molar-refractivity contribution in [3.05, 3.63) is 34.9 Å². The van der Waals surface area contributed by atoms with Crippen LogP contribution in [0.2, 0.25) is 0 Å². The Morgan fingerprint density at radius 3 is 2.90 bits per heavy atom. The maximum atomic E-state index is 5.47. The van der Waals surface area contributed by atoms with Crippen LogP contribution >= 0.6 is 12.2 Å². The van der Waals surface area contributed by atoms with E-state index in [0.29, 0.717) is 4.77 Å². The van der Waals surface area contributed by atoms with Gasteiger partial charge in [0.25, 0.3) is 0 Å². The molecule has 3 aromatic rings. The van der Waals surface area contributed by atoms with Crippen LogP contribution in [0.5, 0.6) is 5.75 Å². The summed E-state index contributed by atoms with van der Waals surface area (Å²) >= 11 is 5.47. The van der Waals surface area contributed by atoms with Crippen molar-refractivity contribution >= 4 is 23.3 Å². The molecule has 0 aliphatic rings. The molecule has 0 radical (unpaired) electrons. The van der Waals surface area contributed by atoms with E-state index in [2.05, 4.69) is 17.0 Å². The maximum Gasteiger partial charge on any atom is 0.182 e. The first-order chi connectivity index (χ1) is 9.65. The predicted octanol–water partition coefficient (Wildman–Crippen LogP) is 2.99. The number of nitrogens with zero attached hydrogens (tertiary/aromatic N) is 3. The van der Waals surface area contributed by atoms with E-state index < -0.39 is 0 Å². The lowest BCUT2D eigenvalue weighted by atomic mass is 10.2. The number of aromatic amines is 1. The zero-order chi connectivity index (χ0) is 14.3. The summed E-state index contributed by atoms with van der Waals surface area (Å²) in [5, 5.41) is 4.48. The third kappa shape index (κ3) is 1.84. The third-order valence-electron chi connectivity index (χ3n) is 3.36. The van der Waals surface area contributed by atoms with Crippen molar-refractivity contribution in [1.82, 2.24) is 19.3 Å². The monoisotopic (exact) mass is 288 g/mol. The number of fused-ring (bicyclic) bond motifs is 1. The van der Waals surface area contributed by atoms with Gasteiger partial charge in [0.15, 0.2) is 4.77 Å². The van der Waals surface area contributed by atoms with E-state index >= 15 is 0 Å². The number of nitrogens with one attached hydrogen (secondary N) is 1. The second-order valence-corrected chi connectivity index (χ2v) is 4.99. The highest BCUT2D eigenvalue weighted by Crippen LogP contribution is 2.28. The van der Waals surface area contributed by atoms with E-state index in [1.54, 1.807) is 7.11 Å². The van der Waals surface area contributed by atoms with Gasteiger partial charge in [-0.15, -0.1) is 0 Å². The van der Waals surface area contributed by atoms with E-state index in [4.69, 9.17) is 17.0 Å². The molecule has 0 bridgehead atoms. The minimum absolute atomic E-state index is 0.646. The molecule has 0 aliphatic heterocycles. The number of hydrogen-bond acceptors (Lipinski definition) is 3. The molecule has 3 rings (SSSR count). The molecule has 0 fully saturated rings. The van der Waals surface area contributed by atoms with Crippen LogP contribution in [0.25, 0.3) is 16.7 Å². The van der Waals surface area contributed by atoms with E-state index in [0.717, 1.165) is 34.6 Å². The molecule has 0 spiro atoms. The Balaban J connectivity index is 2.36. The van der Waals surface area contributed by atoms with Gasteiger partial charge in [-0.05, 0) is 30.8 Å². The molecule has 104 valence electrons. The number of aryl methyl sites for hydroxylation is 2. The number of benzene rings is 1. The molecule has 2 heterocycles. The topological polar surface area (TPSA) is 47.8 Å². The SMILES string of the molecule is CCc1nn(C)cc1-n1c(=S)[nH]c2c(OC)cccc21. The summed E-state index contributed by atoms with van der Waals surface area (Å²) in [6.07, 6.45) is 2.84. The first-order valence-corrected chi connectivity index (χ1v) is 6.87. The van der Waals surface area contributed by atoms with Crippen molar-refractivity contribution in [3.63, 3.8) is 0 Å². The molecular weight excluding hydrogens is 272 g/mol. The van der Waals surface area contributed by atoms with Crippen LogP contribution in [-0.4, -0.2) is 26.4 Å². The summed E-state index contributed by atoms with van der Waals surface area (Å²) in [6, 6.07) is 5.90. The van der Waals surface area contributed by atoms with Crippen LogP contribution in [0.3, 0.4) is 0 Å². The highest BCUT2D eigenvalue weighted by Gasteiger charge is 2.14. The average molecular weight is 288 g/mol. The fraction of sp³-hybridized carbons (Fsp3) is 0.286. The molecule has 0 amide bonds. The third-order valence-corrected chi connectivity index (χ3v) is 3.64. The minimum Gasteiger partial charge on any atom is -0.494 e. The van der Waals surface area contributed by atoms with Crippen molar-refractivity contribution in [2.45, 2.75) is 13.3 Å². The fourth-order valence-corrected chi connectivity index (χ4v) is 2.77. The second-order valence-electron chi connectivity index (χ2n) is 4.61. The smallest absolute Gasteiger partial charge is 0.182 e. The number of methoxy groups -OCH3 is 1. The van der Waals surface area contributed by atoms with E-state index in [9.17, 15) is 0 Å². The average Bonchev–Trinajstić information content (AvgIpc) is 2.96. The highest BCUT2D eigenvalue weighted by atomic mass is 32.1. The molecule has 1 N–H and O–H groups in total. The lowest BCUT2D eigenvalue weighted by Gasteiger charge is -2.04. The Morgan fingerprint density at radius 2 is 2.20 bits per heavy atom. The molecule has 6 heteroatoms. The van der Waals surface area contributed by atoms with Gasteiger partial charge < -0.3 is 9.72 Å². The van der Waals surface area contributed by atoms with Crippen molar-refractivity contribution in [2.75, 3.05) is 7.11 Å². The molecule has 0 saturated carbocycles. The van der Waals surface area contributed by atoms with Crippen molar-refractivity contribution < 1.29 is 4.74 Å². The summed E-state index contributed by atoms with van der Waals surface area (Å²) < 4.78 is 9.85. The molecule has 0 unspecified atom stereocenters. The van der Waals surface area contributed by atoms with E-state index in [1.165, 1.54) is 0 Å². The lowest BCUT2D eigenvalue weighted by Crippen LogP contribution is -1.96. The molecule has 0 atom stereocenters. The van der Waals surface area contributed by atoms with Crippen LogP contribution in [0.4, 0.5) is 0 Å². The first kappa shape index (κ1) is 12.9. The van der Waals surface area contributed by atoms with Crippen LogP contribution in [0, 0.1) is 4.77 Å². The summed E-state index contributed by atoms with van der Waals surface area (Å²) in [7, 11) is 3.58. The normalized spacial score (nSPS) is 11.2. The van der Waals surface area contributed by atoms with Crippen LogP contribution in [0.15, 0.2) is 24.4 Å². The Morgan fingerprint density at radius 1 is 1.40 bits per heavy atom. The van der Waals surface area contributed by atoms with Gasteiger partial charge in [0.1, 0.15) is 11.3 Å². The summed E-state index contributed by atoms with van der Waals surface area (Å²) in [4.78, 5) is 3.22. The summed E-state index contributed by atoms with van der Waals surface area (Å²) in [5.41, 5.74) is 3.94. The van der Waals surface area contributed by atoms with Gasteiger partial charge in [-0.3, -0.25) is 9.25 Å². The lowest BCUT2D eigenvalue weighted by molar-refractivity contribution is 0.419. The van der Waals surface area contributed by atoms with Gasteiger partial charge in [0, 0.05) is 13.2 Å². The van der Waals surface area contributed by atoms with Gasteiger partial charge in [-0.1, -0.05) is 13.0 Å². The Hall–Kier alpha value is -2.08. The summed E-state index contributed by atoms with van der Waals surface area (Å²) in [5.74, 6) is 0.786. The summed E-state index contributed by atoms with van der Waals surface area (Å²) in [6.45, 7) is 2.09. The van der Waals surface area contributed by atoms with Crippen molar-refractivity contribution in [2.24, 2.45) is 7.05 Å². The second kappa shape index (κ2) is 4.79. The number of H-pyrrole nitrogens is 1. The molecule has 0 saturated heterocycles.